The van der Waals surface area contributed by atoms with Crippen molar-refractivity contribution in [2.75, 3.05) is 23.1 Å². The Bertz CT molecular complexity index is 622. The lowest BCUT2D eigenvalue weighted by molar-refractivity contribution is 0.418. The van der Waals surface area contributed by atoms with Crippen LogP contribution in [0.2, 0.25) is 0 Å². The molecule has 1 unspecified atom stereocenters. The van der Waals surface area contributed by atoms with Gasteiger partial charge in [0, 0.05) is 24.8 Å². The lowest BCUT2D eigenvalue weighted by atomic mass is 10.1. The van der Waals surface area contributed by atoms with Crippen LogP contribution in [0.15, 0.2) is 18.2 Å². The quantitative estimate of drug-likeness (QED) is 0.851. The molecule has 3 rings (SSSR count). The van der Waals surface area contributed by atoms with Crippen LogP contribution in [-0.4, -0.2) is 31.9 Å². The summed E-state index contributed by atoms with van der Waals surface area (Å²) in [7, 11) is -3.43. The van der Waals surface area contributed by atoms with Gasteiger partial charge in [-0.15, -0.1) is 0 Å². The van der Waals surface area contributed by atoms with Crippen LogP contribution in [0.5, 0.6) is 0 Å². The van der Waals surface area contributed by atoms with Crippen LogP contribution in [0, 0.1) is 0 Å². The monoisotopic (exact) mass is 309 g/mol. The third kappa shape index (κ3) is 2.62. The van der Waals surface area contributed by atoms with Crippen molar-refractivity contribution in [2.24, 2.45) is 0 Å². The minimum absolute atomic E-state index is 0.0462. The Hall–Kier alpha value is -1.27. The molecule has 1 saturated heterocycles. The first-order valence-electron chi connectivity index (χ1n) is 7.68. The van der Waals surface area contributed by atoms with E-state index in [1.54, 1.807) is 14.7 Å². The topological polar surface area (TPSA) is 66.6 Å². The Balaban J connectivity index is 1.95. The van der Waals surface area contributed by atoms with Gasteiger partial charge in [-0.05, 0) is 49.9 Å². The van der Waals surface area contributed by atoms with E-state index < -0.39 is 10.2 Å². The molecule has 0 saturated carbocycles. The number of fused-ring (bicyclic) bond motifs is 1. The summed E-state index contributed by atoms with van der Waals surface area (Å²) in [6.07, 6.45) is 4.88. The van der Waals surface area contributed by atoms with Gasteiger partial charge in [0.05, 0.1) is 5.69 Å². The lowest BCUT2D eigenvalue weighted by Crippen LogP contribution is -2.46. The summed E-state index contributed by atoms with van der Waals surface area (Å²) in [4.78, 5) is 0. The number of hydrogen-bond donors (Lipinski definition) is 1. The molecule has 0 aliphatic carbocycles. The maximum Gasteiger partial charge on any atom is 0.304 e. The van der Waals surface area contributed by atoms with E-state index in [0.717, 1.165) is 43.4 Å². The van der Waals surface area contributed by atoms with E-state index in [4.69, 9.17) is 5.73 Å². The largest absolute Gasteiger partial charge is 0.399 e. The zero-order valence-corrected chi connectivity index (χ0v) is 13.3. The number of hydrogen-bond acceptors (Lipinski definition) is 3. The van der Waals surface area contributed by atoms with Crippen LogP contribution in [0.3, 0.4) is 0 Å². The molecule has 2 aliphatic heterocycles. The molecule has 0 amide bonds. The van der Waals surface area contributed by atoms with Crippen molar-refractivity contribution in [1.29, 1.82) is 0 Å². The van der Waals surface area contributed by atoms with E-state index in [9.17, 15) is 8.42 Å². The molecule has 1 aromatic carbocycles. The van der Waals surface area contributed by atoms with Gasteiger partial charge in [-0.3, -0.25) is 4.31 Å². The summed E-state index contributed by atoms with van der Waals surface area (Å²) >= 11 is 0. The molecule has 1 fully saturated rings. The van der Waals surface area contributed by atoms with Crippen molar-refractivity contribution in [2.45, 2.75) is 45.1 Å². The minimum atomic E-state index is -3.43. The standard InChI is InChI=1S/C15H23N3O2S/c1-12-10-13-11-14(16)6-7-15(13)18(12)21(19,20)17-8-4-2-3-5-9-17/h6-7,11-12H,2-5,8-10,16H2,1H3. The molecule has 0 aromatic heterocycles. The van der Waals surface area contributed by atoms with Crippen LogP contribution in [0.1, 0.15) is 38.2 Å². The van der Waals surface area contributed by atoms with Crippen molar-refractivity contribution < 1.29 is 8.42 Å². The smallest absolute Gasteiger partial charge is 0.304 e. The molecule has 2 aliphatic rings. The molecule has 1 aromatic rings. The van der Waals surface area contributed by atoms with Crippen molar-refractivity contribution in [3.8, 4) is 0 Å². The molecule has 0 bridgehead atoms. The van der Waals surface area contributed by atoms with Gasteiger partial charge in [0.25, 0.3) is 0 Å². The molecule has 0 radical (unpaired) electrons. The number of nitrogens with zero attached hydrogens (tertiary/aromatic N) is 2. The molecule has 5 nitrogen and oxygen atoms in total. The second-order valence-electron chi connectivity index (χ2n) is 6.06. The highest BCUT2D eigenvalue weighted by Gasteiger charge is 2.38. The van der Waals surface area contributed by atoms with E-state index in [1.165, 1.54) is 0 Å². The average Bonchev–Trinajstić information content (AvgIpc) is 2.63. The van der Waals surface area contributed by atoms with Crippen LogP contribution >= 0.6 is 0 Å². The number of anilines is 2. The summed E-state index contributed by atoms with van der Waals surface area (Å²) < 4.78 is 29.3. The average molecular weight is 309 g/mol. The van der Waals surface area contributed by atoms with Crippen molar-refractivity contribution >= 4 is 21.6 Å². The lowest BCUT2D eigenvalue weighted by Gasteiger charge is -2.31. The zero-order chi connectivity index (χ0) is 15.0. The fourth-order valence-corrected chi connectivity index (χ4v) is 5.30. The number of nitrogens with two attached hydrogens (primary N) is 1. The molecule has 116 valence electrons. The summed E-state index contributed by atoms with van der Waals surface area (Å²) in [6.45, 7) is 3.23. The van der Waals surface area contributed by atoms with E-state index in [0.29, 0.717) is 18.8 Å². The fraction of sp³-hybridized carbons (Fsp3) is 0.600. The second kappa shape index (κ2) is 5.50. The number of nitrogen functional groups attached to an aromatic ring is 1. The Labute approximate surface area is 126 Å². The van der Waals surface area contributed by atoms with Crippen LogP contribution in [0.25, 0.3) is 0 Å². The van der Waals surface area contributed by atoms with Crippen molar-refractivity contribution in [1.82, 2.24) is 4.31 Å². The molecule has 2 N–H and O–H groups in total. The van der Waals surface area contributed by atoms with E-state index in [1.807, 2.05) is 19.1 Å². The van der Waals surface area contributed by atoms with Crippen LogP contribution in [-0.2, 0) is 16.6 Å². The predicted molar refractivity (Wildman–Crippen MR) is 85.5 cm³/mol. The van der Waals surface area contributed by atoms with Gasteiger partial charge in [0.2, 0.25) is 0 Å². The Morgan fingerprint density at radius 3 is 2.48 bits per heavy atom. The van der Waals surface area contributed by atoms with Gasteiger partial charge >= 0.3 is 10.2 Å². The number of rotatable bonds is 2. The van der Waals surface area contributed by atoms with Gasteiger partial charge in [0.1, 0.15) is 0 Å². The first-order chi connectivity index (χ1) is 10.00. The first-order valence-corrected chi connectivity index (χ1v) is 9.08. The molecular weight excluding hydrogens is 286 g/mol. The van der Waals surface area contributed by atoms with Gasteiger partial charge in [0.15, 0.2) is 0 Å². The summed E-state index contributed by atoms with van der Waals surface area (Å²) in [5.74, 6) is 0. The number of benzene rings is 1. The Morgan fingerprint density at radius 1 is 1.14 bits per heavy atom. The second-order valence-corrected chi connectivity index (χ2v) is 7.86. The fourth-order valence-electron chi connectivity index (χ4n) is 3.37. The molecule has 0 spiro atoms. The summed E-state index contributed by atoms with van der Waals surface area (Å²) in [6, 6.07) is 5.46. The van der Waals surface area contributed by atoms with Crippen molar-refractivity contribution in [3.05, 3.63) is 23.8 Å². The molecule has 6 heteroatoms. The first kappa shape index (κ1) is 14.7. The predicted octanol–water partition coefficient (Wildman–Crippen LogP) is 2.14. The van der Waals surface area contributed by atoms with Gasteiger partial charge < -0.3 is 5.73 Å². The summed E-state index contributed by atoms with van der Waals surface area (Å²) in [5.41, 5.74) is 8.33. The van der Waals surface area contributed by atoms with Gasteiger partial charge in [-0.2, -0.15) is 12.7 Å². The highest BCUT2D eigenvalue weighted by atomic mass is 32.2. The molecular formula is C15H23N3O2S. The van der Waals surface area contributed by atoms with Crippen LogP contribution in [0.4, 0.5) is 11.4 Å². The van der Waals surface area contributed by atoms with E-state index in [-0.39, 0.29) is 6.04 Å². The maximum absolute atomic E-state index is 13.0. The zero-order valence-electron chi connectivity index (χ0n) is 12.5. The molecule has 1 atom stereocenters. The van der Waals surface area contributed by atoms with Crippen molar-refractivity contribution in [3.63, 3.8) is 0 Å². The van der Waals surface area contributed by atoms with Gasteiger partial charge in [-0.1, -0.05) is 12.8 Å². The van der Waals surface area contributed by atoms with E-state index >= 15 is 0 Å². The van der Waals surface area contributed by atoms with E-state index in [2.05, 4.69) is 0 Å². The minimum Gasteiger partial charge on any atom is -0.399 e. The molecule has 2 heterocycles. The molecule has 21 heavy (non-hydrogen) atoms. The SMILES string of the molecule is CC1Cc2cc(N)ccc2N1S(=O)(=O)N1CCCCCC1. The Morgan fingerprint density at radius 2 is 1.81 bits per heavy atom. The highest BCUT2D eigenvalue weighted by Crippen LogP contribution is 2.36. The third-order valence-corrected chi connectivity index (χ3v) is 6.47. The van der Waals surface area contributed by atoms with Gasteiger partial charge in [-0.25, -0.2) is 0 Å². The normalized spacial score (nSPS) is 23.9. The highest BCUT2D eigenvalue weighted by molar-refractivity contribution is 7.90. The van der Waals surface area contributed by atoms with Crippen LogP contribution < -0.4 is 10.0 Å². The third-order valence-electron chi connectivity index (χ3n) is 4.40. The maximum atomic E-state index is 13.0. The Kier molecular flexibility index (Phi) is 3.84. The summed E-state index contributed by atoms with van der Waals surface area (Å²) in [5, 5.41) is 0.